The number of carbonyl (C=O) groups is 1. The summed E-state index contributed by atoms with van der Waals surface area (Å²) in [6.07, 6.45) is 1.69. The number of methoxy groups -OCH3 is 2. The third kappa shape index (κ3) is 4.06. The first kappa shape index (κ1) is 21.5. The molecule has 1 aliphatic rings. The van der Waals surface area contributed by atoms with Crippen molar-refractivity contribution in [2.45, 2.75) is 27.4 Å². The zero-order chi connectivity index (χ0) is 22.8. The Hall–Kier alpha value is -3.73. The first-order chi connectivity index (χ1) is 15.4. The third-order valence-electron chi connectivity index (χ3n) is 5.65. The van der Waals surface area contributed by atoms with Gasteiger partial charge in [-0.25, -0.2) is 0 Å². The summed E-state index contributed by atoms with van der Waals surface area (Å²) < 4.78 is 22.8. The molecule has 0 fully saturated rings. The van der Waals surface area contributed by atoms with Crippen molar-refractivity contribution in [1.82, 2.24) is 0 Å². The van der Waals surface area contributed by atoms with E-state index >= 15 is 0 Å². The van der Waals surface area contributed by atoms with Gasteiger partial charge in [-0.15, -0.1) is 0 Å². The van der Waals surface area contributed by atoms with Gasteiger partial charge < -0.3 is 18.9 Å². The van der Waals surface area contributed by atoms with Crippen LogP contribution in [-0.4, -0.2) is 20.0 Å². The number of hydrogen-bond acceptors (Lipinski definition) is 5. The van der Waals surface area contributed by atoms with E-state index in [1.165, 1.54) is 11.1 Å². The molecule has 32 heavy (non-hydrogen) atoms. The molecule has 164 valence electrons. The van der Waals surface area contributed by atoms with Crippen LogP contribution in [0.4, 0.5) is 0 Å². The molecule has 3 aromatic rings. The van der Waals surface area contributed by atoms with E-state index in [-0.39, 0.29) is 11.5 Å². The van der Waals surface area contributed by atoms with Gasteiger partial charge in [-0.3, -0.25) is 4.79 Å². The van der Waals surface area contributed by atoms with Crippen molar-refractivity contribution in [1.29, 1.82) is 0 Å². The molecule has 0 aromatic heterocycles. The van der Waals surface area contributed by atoms with Crippen LogP contribution in [0.2, 0.25) is 0 Å². The lowest BCUT2D eigenvalue weighted by Gasteiger charge is -2.13. The van der Waals surface area contributed by atoms with Crippen LogP contribution in [0.25, 0.3) is 6.08 Å². The number of Topliss-reactive ketones (excluding diaryl/α,β-unsaturated/α-hetero) is 1. The lowest BCUT2D eigenvalue weighted by atomic mass is 10.0. The SMILES string of the molecule is COc1ccc(/C=C2\Oc3c(ccc(OCc4cc(C)ccc4C)c3C)C2=O)c(OC)c1. The fraction of sp³-hybridized carbons (Fsp3) is 0.222. The van der Waals surface area contributed by atoms with Gasteiger partial charge in [0, 0.05) is 17.2 Å². The Morgan fingerprint density at radius 3 is 2.47 bits per heavy atom. The molecule has 0 saturated heterocycles. The molecular weight excluding hydrogens is 404 g/mol. The predicted molar refractivity (Wildman–Crippen MR) is 124 cm³/mol. The van der Waals surface area contributed by atoms with Gasteiger partial charge in [-0.05, 0) is 62.2 Å². The summed E-state index contributed by atoms with van der Waals surface area (Å²) in [5.74, 6) is 2.58. The largest absolute Gasteiger partial charge is 0.497 e. The minimum atomic E-state index is -0.165. The van der Waals surface area contributed by atoms with E-state index in [2.05, 4.69) is 32.0 Å². The van der Waals surface area contributed by atoms with Gasteiger partial charge in [0.25, 0.3) is 0 Å². The molecule has 0 spiro atoms. The van der Waals surface area contributed by atoms with Crippen LogP contribution in [0.1, 0.15) is 38.2 Å². The second-order valence-corrected chi connectivity index (χ2v) is 7.83. The van der Waals surface area contributed by atoms with Crippen LogP contribution >= 0.6 is 0 Å². The normalized spacial score (nSPS) is 13.7. The second kappa shape index (κ2) is 8.79. The highest BCUT2D eigenvalue weighted by atomic mass is 16.5. The van der Waals surface area contributed by atoms with E-state index in [0.29, 0.717) is 35.2 Å². The van der Waals surface area contributed by atoms with Crippen LogP contribution in [-0.2, 0) is 6.61 Å². The van der Waals surface area contributed by atoms with Gasteiger partial charge in [-0.2, -0.15) is 0 Å². The number of ether oxygens (including phenoxy) is 4. The Morgan fingerprint density at radius 2 is 1.72 bits per heavy atom. The molecule has 4 rings (SSSR count). The maximum atomic E-state index is 12.9. The first-order valence-electron chi connectivity index (χ1n) is 10.4. The lowest BCUT2D eigenvalue weighted by molar-refractivity contribution is 0.101. The zero-order valence-electron chi connectivity index (χ0n) is 18.9. The Bertz CT molecular complexity index is 1220. The number of hydrogen-bond donors (Lipinski definition) is 0. The molecule has 0 saturated carbocycles. The van der Waals surface area contributed by atoms with Crippen molar-refractivity contribution < 1.29 is 23.7 Å². The molecule has 0 radical (unpaired) electrons. The number of fused-ring (bicyclic) bond motifs is 1. The Balaban J connectivity index is 1.60. The molecule has 0 aliphatic carbocycles. The summed E-state index contributed by atoms with van der Waals surface area (Å²) in [6.45, 7) is 6.49. The molecule has 3 aromatic carbocycles. The maximum absolute atomic E-state index is 12.9. The molecule has 0 amide bonds. The minimum Gasteiger partial charge on any atom is -0.497 e. The summed E-state index contributed by atoms with van der Waals surface area (Å²) in [6, 6.07) is 15.3. The summed E-state index contributed by atoms with van der Waals surface area (Å²) in [5.41, 5.74) is 5.56. The van der Waals surface area contributed by atoms with E-state index in [4.69, 9.17) is 18.9 Å². The van der Waals surface area contributed by atoms with Gasteiger partial charge in [0.05, 0.1) is 19.8 Å². The van der Waals surface area contributed by atoms with Gasteiger partial charge in [0.1, 0.15) is 29.6 Å². The van der Waals surface area contributed by atoms with Gasteiger partial charge in [0.15, 0.2) is 5.76 Å². The minimum absolute atomic E-state index is 0.165. The van der Waals surface area contributed by atoms with Crippen molar-refractivity contribution in [2.24, 2.45) is 0 Å². The number of ketones is 1. The van der Waals surface area contributed by atoms with E-state index in [1.807, 2.05) is 25.1 Å². The van der Waals surface area contributed by atoms with Crippen molar-refractivity contribution in [3.8, 4) is 23.0 Å². The summed E-state index contributed by atoms with van der Waals surface area (Å²) in [4.78, 5) is 12.9. The standard InChI is InChI=1S/C27H26O5/c1-16-6-7-17(2)20(12-16)15-31-23-11-10-22-26(28)25(32-27(22)18(23)3)13-19-8-9-21(29-4)14-24(19)30-5/h6-14H,15H2,1-5H3/b25-13-. The summed E-state index contributed by atoms with van der Waals surface area (Å²) >= 11 is 0. The smallest absolute Gasteiger partial charge is 0.231 e. The fourth-order valence-electron chi connectivity index (χ4n) is 3.71. The highest BCUT2D eigenvalue weighted by Crippen LogP contribution is 2.40. The molecule has 0 atom stereocenters. The quantitative estimate of drug-likeness (QED) is 0.461. The molecule has 0 bridgehead atoms. The van der Waals surface area contributed by atoms with Gasteiger partial charge in [0.2, 0.25) is 5.78 Å². The summed E-state index contributed by atoms with van der Waals surface area (Å²) in [5, 5.41) is 0. The highest BCUT2D eigenvalue weighted by molar-refractivity contribution is 6.15. The third-order valence-corrected chi connectivity index (χ3v) is 5.65. The van der Waals surface area contributed by atoms with E-state index in [9.17, 15) is 4.79 Å². The molecule has 1 heterocycles. The van der Waals surface area contributed by atoms with Crippen molar-refractivity contribution in [3.05, 3.63) is 87.7 Å². The van der Waals surface area contributed by atoms with Crippen LogP contribution in [0, 0.1) is 20.8 Å². The first-order valence-corrected chi connectivity index (χ1v) is 10.4. The summed E-state index contributed by atoms with van der Waals surface area (Å²) in [7, 11) is 3.17. The predicted octanol–water partition coefficient (Wildman–Crippen LogP) is 5.82. The van der Waals surface area contributed by atoms with Crippen LogP contribution < -0.4 is 18.9 Å². The van der Waals surface area contributed by atoms with Gasteiger partial charge in [-0.1, -0.05) is 23.8 Å². The van der Waals surface area contributed by atoms with E-state index < -0.39 is 0 Å². The van der Waals surface area contributed by atoms with E-state index in [1.54, 1.807) is 32.4 Å². The molecular formula is C27H26O5. The molecule has 5 nitrogen and oxygen atoms in total. The molecule has 1 aliphatic heterocycles. The lowest BCUT2D eigenvalue weighted by Crippen LogP contribution is -2.00. The second-order valence-electron chi connectivity index (χ2n) is 7.83. The number of allylic oxidation sites excluding steroid dienone is 1. The van der Waals surface area contributed by atoms with Crippen LogP contribution in [0.3, 0.4) is 0 Å². The van der Waals surface area contributed by atoms with Crippen molar-refractivity contribution in [2.75, 3.05) is 14.2 Å². The highest BCUT2D eigenvalue weighted by Gasteiger charge is 2.30. The molecule has 5 heteroatoms. The number of rotatable bonds is 6. The monoisotopic (exact) mass is 430 g/mol. The Morgan fingerprint density at radius 1 is 0.906 bits per heavy atom. The van der Waals surface area contributed by atoms with E-state index in [0.717, 1.165) is 16.7 Å². The molecule has 0 unspecified atom stereocenters. The van der Waals surface area contributed by atoms with Crippen molar-refractivity contribution >= 4 is 11.9 Å². The Kier molecular flexibility index (Phi) is 5.91. The van der Waals surface area contributed by atoms with Gasteiger partial charge >= 0.3 is 0 Å². The molecule has 0 N–H and O–H groups in total. The number of benzene rings is 3. The maximum Gasteiger partial charge on any atom is 0.231 e. The number of carbonyl (C=O) groups excluding carboxylic acids is 1. The topological polar surface area (TPSA) is 54.0 Å². The zero-order valence-corrected chi connectivity index (χ0v) is 18.9. The Labute approximate surface area is 188 Å². The number of aryl methyl sites for hydroxylation is 2. The van der Waals surface area contributed by atoms with Crippen LogP contribution in [0.15, 0.2) is 54.3 Å². The average molecular weight is 431 g/mol. The average Bonchev–Trinajstić information content (AvgIpc) is 3.11. The van der Waals surface area contributed by atoms with Crippen molar-refractivity contribution in [3.63, 3.8) is 0 Å². The fourth-order valence-corrected chi connectivity index (χ4v) is 3.71. The van der Waals surface area contributed by atoms with Crippen LogP contribution in [0.5, 0.6) is 23.0 Å².